The summed E-state index contributed by atoms with van der Waals surface area (Å²) < 4.78 is 0. The number of piperidine rings is 1. The first-order valence-electron chi connectivity index (χ1n) is 8.37. The van der Waals surface area contributed by atoms with Crippen molar-refractivity contribution in [3.05, 3.63) is 0 Å². The Morgan fingerprint density at radius 1 is 1.20 bits per heavy atom. The van der Waals surface area contributed by atoms with Gasteiger partial charge in [0.25, 0.3) is 0 Å². The van der Waals surface area contributed by atoms with Crippen molar-refractivity contribution >= 4 is 5.97 Å². The summed E-state index contributed by atoms with van der Waals surface area (Å²) in [6.07, 6.45) is 9.99. The molecular weight excluding hydrogens is 252 g/mol. The molecule has 0 radical (unpaired) electrons. The van der Waals surface area contributed by atoms with Crippen LogP contribution in [0, 0.1) is 0 Å². The topological polar surface area (TPSA) is 52.6 Å². The van der Waals surface area contributed by atoms with Crippen LogP contribution in [0.5, 0.6) is 0 Å². The fourth-order valence-electron chi connectivity index (χ4n) is 4.20. The van der Waals surface area contributed by atoms with Gasteiger partial charge in [-0.15, -0.1) is 0 Å². The molecule has 1 saturated heterocycles. The molecule has 3 rings (SSSR count). The van der Waals surface area contributed by atoms with Crippen LogP contribution >= 0.6 is 0 Å². The Bertz CT molecular complexity index is 369. The van der Waals surface area contributed by atoms with E-state index in [1.54, 1.807) is 0 Å². The Balaban J connectivity index is 1.71. The first-order chi connectivity index (χ1) is 9.61. The molecule has 0 spiro atoms. The summed E-state index contributed by atoms with van der Waals surface area (Å²) in [5.74, 6) is -0.626. The summed E-state index contributed by atoms with van der Waals surface area (Å²) in [6, 6.07) is 1.55. The Kier molecular flexibility index (Phi) is 4.04. The number of likely N-dealkylation sites (tertiary alicyclic amines) is 1. The van der Waals surface area contributed by atoms with Gasteiger partial charge < -0.3 is 5.11 Å². The van der Waals surface area contributed by atoms with Gasteiger partial charge in [-0.25, -0.2) is 0 Å². The molecule has 4 nitrogen and oxygen atoms in total. The molecule has 0 bridgehead atoms. The van der Waals surface area contributed by atoms with E-state index in [9.17, 15) is 9.90 Å². The molecule has 20 heavy (non-hydrogen) atoms. The van der Waals surface area contributed by atoms with E-state index in [0.717, 1.165) is 38.6 Å². The van der Waals surface area contributed by atoms with Crippen LogP contribution in [0.4, 0.5) is 0 Å². The zero-order valence-electron chi connectivity index (χ0n) is 12.6. The molecule has 0 aromatic heterocycles. The average molecular weight is 280 g/mol. The van der Waals surface area contributed by atoms with E-state index in [2.05, 4.69) is 17.1 Å². The Morgan fingerprint density at radius 3 is 2.65 bits per heavy atom. The molecule has 3 unspecified atom stereocenters. The minimum absolute atomic E-state index is 0.460. The van der Waals surface area contributed by atoms with E-state index in [-0.39, 0.29) is 0 Å². The van der Waals surface area contributed by atoms with Crippen molar-refractivity contribution in [1.82, 2.24) is 10.2 Å². The zero-order valence-corrected chi connectivity index (χ0v) is 12.6. The maximum Gasteiger partial charge on any atom is 0.323 e. The number of hydrogen-bond acceptors (Lipinski definition) is 3. The lowest BCUT2D eigenvalue weighted by Gasteiger charge is -2.46. The molecular formula is C16H28N2O2. The second-order valence-electron chi connectivity index (χ2n) is 7.14. The number of rotatable bonds is 4. The molecule has 114 valence electrons. The molecule has 1 heterocycles. The Labute approximate surface area is 121 Å². The highest BCUT2D eigenvalue weighted by atomic mass is 16.4. The molecule has 3 atom stereocenters. The molecule has 2 saturated carbocycles. The van der Waals surface area contributed by atoms with Crippen LogP contribution in [0.2, 0.25) is 0 Å². The van der Waals surface area contributed by atoms with Crippen LogP contribution in [0.25, 0.3) is 0 Å². The normalized spacial score (nSPS) is 39.6. The predicted molar refractivity (Wildman–Crippen MR) is 78.8 cm³/mol. The molecule has 4 heteroatoms. The largest absolute Gasteiger partial charge is 0.480 e. The van der Waals surface area contributed by atoms with Crippen molar-refractivity contribution < 1.29 is 9.90 Å². The molecule has 0 amide bonds. The van der Waals surface area contributed by atoms with Crippen molar-refractivity contribution in [2.45, 2.75) is 88.4 Å². The van der Waals surface area contributed by atoms with E-state index in [4.69, 9.17) is 0 Å². The number of aliphatic carboxylic acids is 1. The van der Waals surface area contributed by atoms with Crippen LogP contribution in [-0.4, -0.2) is 46.2 Å². The van der Waals surface area contributed by atoms with Gasteiger partial charge in [-0.1, -0.05) is 6.42 Å². The second-order valence-corrected chi connectivity index (χ2v) is 7.14. The minimum Gasteiger partial charge on any atom is -0.480 e. The van der Waals surface area contributed by atoms with Crippen LogP contribution in [0.3, 0.4) is 0 Å². The van der Waals surface area contributed by atoms with E-state index < -0.39 is 11.5 Å². The van der Waals surface area contributed by atoms with Gasteiger partial charge in [-0.3, -0.25) is 15.0 Å². The summed E-state index contributed by atoms with van der Waals surface area (Å²) in [6.45, 7) is 3.47. The van der Waals surface area contributed by atoms with E-state index in [0.29, 0.717) is 18.1 Å². The third kappa shape index (κ3) is 2.86. The molecule has 2 N–H and O–H groups in total. The number of carboxylic acid groups (broad SMARTS) is 1. The summed E-state index contributed by atoms with van der Waals surface area (Å²) in [7, 11) is 0. The fraction of sp³-hybridized carbons (Fsp3) is 0.938. The highest BCUT2D eigenvalue weighted by Crippen LogP contribution is 2.36. The SMILES string of the molecule is CC1CCCCN1C1CCCC(NC2CC2)(C(=O)O)C1. The van der Waals surface area contributed by atoms with Gasteiger partial charge in [0.1, 0.15) is 5.54 Å². The van der Waals surface area contributed by atoms with Crippen LogP contribution in [0.15, 0.2) is 0 Å². The highest BCUT2D eigenvalue weighted by molar-refractivity contribution is 5.79. The average Bonchev–Trinajstić information content (AvgIpc) is 3.23. The maximum atomic E-state index is 11.9. The summed E-state index contributed by atoms with van der Waals surface area (Å²) in [5, 5.41) is 13.2. The van der Waals surface area contributed by atoms with Crippen molar-refractivity contribution in [3.63, 3.8) is 0 Å². The first kappa shape index (κ1) is 14.3. The standard InChI is InChI=1S/C16H28N2O2/c1-12-5-2-3-10-18(12)14-6-4-9-16(11-14,15(19)20)17-13-7-8-13/h12-14,17H,2-11H2,1H3,(H,19,20). The third-order valence-electron chi connectivity index (χ3n) is 5.52. The summed E-state index contributed by atoms with van der Waals surface area (Å²) in [4.78, 5) is 14.5. The van der Waals surface area contributed by atoms with Crippen LogP contribution in [-0.2, 0) is 4.79 Å². The van der Waals surface area contributed by atoms with E-state index in [1.165, 1.54) is 25.7 Å². The smallest absolute Gasteiger partial charge is 0.323 e. The van der Waals surface area contributed by atoms with Crippen molar-refractivity contribution in [1.29, 1.82) is 0 Å². The molecule has 0 aromatic carbocycles. The van der Waals surface area contributed by atoms with Crippen molar-refractivity contribution in [3.8, 4) is 0 Å². The van der Waals surface area contributed by atoms with Gasteiger partial charge in [0.2, 0.25) is 0 Å². The van der Waals surface area contributed by atoms with Gasteiger partial charge in [0.05, 0.1) is 0 Å². The van der Waals surface area contributed by atoms with Crippen LogP contribution in [0.1, 0.15) is 64.7 Å². The molecule has 3 fully saturated rings. The number of carbonyl (C=O) groups is 1. The number of nitrogens with zero attached hydrogens (tertiary/aromatic N) is 1. The monoisotopic (exact) mass is 280 g/mol. The Morgan fingerprint density at radius 2 is 2.00 bits per heavy atom. The first-order valence-corrected chi connectivity index (χ1v) is 8.37. The molecule has 2 aliphatic carbocycles. The van der Waals surface area contributed by atoms with Crippen molar-refractivity contribution in [2.75, 3.05) is 6.54 Å². The molecule has 3 aliphatic rings. The van der Waals surface area contributed by atoms with Crippen molar-refractivity contribution in [2.24, 2.45) is 0 Å². The lowest BCUT2D eigenvalue weighted by atomic mass is 9.77. The summed E-state index contributed by atoms with van der Waals surface area (Å²) in [5.41, 5.74) is -0.652. The van der Waals surface area contributed by atoms with E-state index >= 15 is 0 Å². The third-order valence-corrected chi connectivity index (χ3v) is 5.52. The fourth-order valence-corrected chi connectivity index (χ4v) is 4.20. The van der Waals surface area contributed by atoms with Gasteiger partial charge in [0.15, 0.2) is 0 Å². The summed E-state index contributed by atoms with van der Waals surface area (Å²) >= 11 is 0. The van der Waals surface area contributed by atoms with Gasteiger partial charge in [-0.05, 0) is 64.8 Å². The van der Waals surface area contributed by atoms with Crippen LogP contribution < -0.4 is 5.32 Å². The lowest BCUT2D eigenvalue weighted by Crippen LogP contribution is -2.60. The Hall–Kier alpha value is -0.610. The lowest BCUT2D eigenvalue weighted by molar-refractivity contribution is -0.148. The number of nitrogens with one attached hydrogen (secondary N) is 1. The van der Waals surface area contributed by atoms with Gasteiger partial charge in [0, 0.05) is 18.1 Å². The van der Waals surface area contributed by atoms with Gasteiger partial charge >= 0.3 is 5.97 Å². The van der Waals surface area contributed by atoms with E-state index in [1.807, 2.05) is 0 Å². The minimum atomic E-state index is -0.652. The maximum absolute atomic E-state index is 11.9. The quantitative estimate of drug-likeness (QED) is 0.830. The van der Waals surface area contributed by atoms with Gasteiger partial charge in [-0.2, -0.15) is 0 Å². The zero-order chi connectivity index (χ0) is 14.2. The molecule has 0 aromatic rings. The number of hydrogen-bond donors (Lipinski definition) is 2. The predicted octanol–water partition coefficient (Wildman–Crippen LogP) is 2.38. The molecule has 1 aliphatic heterocycles. The number of carboxylic acids is 1. The highest BCUT2D eigenvalue weighted by Gasteiger charge is 2.47. The second kappa shape index (κ2) is 5.64.